The number of nitrogen functional groups attached to an aromatic ring is 1. The molecule has 112 valence electrons. The van der Waals surface area contributed by atoms with E-state index in [4.69, 9.17) is 11.5 Å². The molecule has 4 N–H and O–H groups in total. The van der Waals surface area contributed by atoms with Gasteiger partial charge in [0.05, 0.1) is 10.6 Å². The molecule has 1 saturated heterocycles. The average molecular weight is 314 g/mol. The van der Waals surface area contributed by atoms with E-state index in [2.05, 4.69) is 23.9 Å². The first-order valence-electron chi connectivity index (χ1n) is 6.63. The van der Waals surface area contributed by atoms with Gasteiger partial charge in [-0.05, 0) is 33.2 Å². The van der Waals surface area contributed by atoms with E-state index < -0.39 is 5.91 Å². The Morgan fingerprint density at radius 1 is 1.55 bits per heavy atom. The minimum atomic E-state index is -0.433. The Hall–Kier alpha value is -0.920. The van der Waals surface area contributed by atoms with Gasteiger partial charge in [0.1, 0.15) is 9.88 Å². The first-order chi connectivity index (χ1) is 9.45. The molecular weight excluding hydrogens is 292 g/mol. The van der Waals surface area contributed by atoms with Gasteiger partial charge in [-0.1, -0.05) is 0 Å². The lowest BCUT2D eigenvalue weighted by Gasteiger charge is -2.28. The van der Waals surface area contributed by atoms with E-state index >= 15 is 0 Å². The molecule has 2 heterocycles. The SMILES string of the molecule is CSc1c(N2CCCC2CN(C)C)sc(C(N)=O)c1N. The van der Waals surface area contributed by atoms with E-state index in [1.165, 1.54) is 24.2 Å². The highest BCUT2D eigenvalue weighted by Crippen LogP contribution is 2.45. The van der Waals surface area contributed by atoms with Crippen molar-refractivity contribution in [2.45, 2.75) is 23.8 Å². The van der Waals surface area contributed by atoms with Crippen LogP contribution in [0.2, 0.25) is 0 Å². The van der Waals surface area contributed by atoms with Crippen molar-refractivity contribution in [3.8, 4) is 0 Å². The van der Waals surface area contributed by atoms with E-state index in [-0.39, 0.29) is 0 Å². The van der Waals surface area contributed by atoms with Gasteiger partial charge >= 0.3 is 0 Å². The Kier molecular flexibility index (Phi) is 4.82. The van der Waals surface area contributed by atoms with Gasteiger partial charge in [0.25, 0.3) is 5.91 Å². The predicted molar refractivity (Wildman–Crippen MR) is 88.0 cm³/mol. The molecule has 1 aromatic rings. The van der Waals surface area contributed by atoms with Crippen LogP contribution < -0.4 is 16.4 Å². The molecule has 5 nitrogen and oxygen atoms in total. The average Bonchev–Trinajstić information content (AvgIpc) is 2.92. The highest BCUT2D eigenvalue weighted by atomic mass is 32.2. The fourth-order valence-electron chi connectivity index (χ4n) is 2.70. The van der Waals surface area contributed by atoms with Crippen molar-refractivity contribution in [2.75, 3.05) is 44.1 Å². The maximum Gasteiger partial charge on any atom is 0.261 e. The quantitative estimate of drug-likeness (QED) is 0.809. The van der Waals surface area contributed by atoms with E-state index in [1.807, 2.05) is 6.26 Å². The number of primary amides is 1. The fraction of sp³-hybridized carbons (Fsp3) is 0.615. The smallest absolute Gasteiger partial charge is 0.261 e. The molecule has 0 bridgehead atoms. The fourth-order valence-corrected chi connectivity index (χ4v) is 4.82. The zero-order valence-electron chi connectivity index (χ0n) is 12.2. The van der Waals surface area contributed by atoms with Gasteiger partial charge in [-0.2, -0.15) is 0 Å². The molecule has 1 aliphatic rings. The third-order valence-electron chi connectivity index (χ3n) is 3.52. The third kappa shape index (κ3) is 2.89. The van der Waals surface area contributed by atoms with Gasteiger partial charge in [-0.25, -0.2) is 0 Å². The number of anilines is 2. The van der Waals surface area contributed by atoms with Crippen molar-refractivity contribution < 1.29 is 4.79 Å². The monoisotopic (exact) mass is 314 g/mol. The molecule has 2 rings (SSSR count). The number of hydrogen-bond acceptors (Lipinski definition) is 6. The minimum Gasteiger partial charge on any atom is -0.396 e. The summed E-state index contributed by atoms with van der Waals surface area (Å²) >= 11 is 3.02. The van der Waals surface area contributed by atoms with Crippen LogP contribution >= 0.6 is 23.1 Å². The number of nitrogens with two attached hydrogens (primary N) is 2. The molecule has 1 unspecified atom stereocenters. The van der Waals surface area contributed by atoms with Crippen LogP contribution in [0.15, 0.2) is 4.90 Å². The van der Waals surface area contributed by atoms with Gasteiger partial charge in [0.2, 0.25) is 0 Å². The van der Waals surface area contributed by atoms with E-state index in [1.54, 1.807) is 11.8 Å². The first kappa shape index (κ1) is 15.5. The van der Waals surface area contributed by atoms with Crippen LogP contribution in [0, 0.1) is 0 Å². The lowest BCUT2D eigenvalue weighted by molar-refractivity contribution is 0.100. The van der Waals surface area contributed by atoms with E-state index in [0.717, 1.165) is 23.0 Å². The van der Waals surface area contributed by atoms with Crippen LogP contribution in [-0.2, 0) is 0 Å². The molecule has 1 atom stereocenters. The number of hydrogen-bond donors (Lipinski definition) is 2. The van der Waals surface area contributed by atoms with E-state index in [0.29, 0.717) is 16.6 Å². The number of amides is 1. The Bertz CT molecular complexity index is 501. The van der Waals surface area contributed by atoms with Gasteiger partial charge in [0.15, 0.2) is 0 Å². The van der Waals surface area contributed by atoms with Crippen LogP contribution in [0.1, 0.15) is 22.5 Å². The lowest BCUT2D eigenvalue weighted by Crippen LogP contribution is -2.37. The first-order valence-corrected chi connectivity index (χ1v) is 8.67. The van der Waals surface area contributed by atoms with Gasteiger partial charge in [0, 0.05) is 19.1 Å². The summed E-state index contributed by atoms with van der Waals surface area (Å²) in [7, 11) is 4.17. The van der Waals surface area contributed by atoms with Crippen LogP contribution in [0.3, 0.4) is 0 Å². The molecule has 1 aliphatic heterocycles. The second-order valence-corrected chi connectivity index (χ2v) is 7.11. The zero-order valence-corrected chi connectivity index (χ0v) is 13.8. The summed E-state index contributed by atoms with van der Waals surface area (Å²) in [5.74, 6) is -0.433. The number of nitrogens with zero attached hydrogens (tertiary/aromatic N) is 2. The maximum atomic E-state index is 11.5. The number of carbonyl (C=O) groups is 1. The number of likely N-dealkylation sites (N-methyl/N-ethyl adjacent to an activating group) is 1. The van der Waals surface area contributed by atoms with Gasteiger partial charge < -0.3 is 21.3 Å². The second kappa shape index (κ2) is 6.24. The number of thioether (sulfide) groups is 1. The molecule has 0 radical (unpaired) electrons. The molecule has 0 aliphatic carbocycles. The zero-order chi connectivity index (χ0) is 14.9. The van der Waals surface area contributed by atoms with Crippen molar-refractivity contribution in [1.29, 1.82) is 0 Å². The largest absolute Gasteiger partial charge is 0.396 e. The van der Waals surface area contributed by atoms with Crippen molar-refractivity contribution in [2.24, 2.45) is 5.73 Å². The van der Waals surface area contributed by atoms with Gasteiger partial charge in [-0.15, -0.1) is 23.1 Å². The molecule has 1 aromatic heterocycles. The van der Waals surface area contributed by atoms with Crippen LogP contribution in [0.5, 0.6) is 0 Å². The lowest BCUT2D eigenvalue weighted by atomic mass is 10.2. The summed E-state index contributed by atoms with van der Waals surface area (Å²) in [6, 6.07) is 0.481. The molecule has 1 amide bonds. The molecule has 0 aromatic carbocycles. The summed E-state index contributed by atoms with van der Waals surface area (Å²) in [6.07, 6.45) is 4.34. The summed E-state index contributed by atoms with van der Waals surface area (Å²) in [4.78, 5) is 17.6. The summed E-state index contributed by atoms with van der Waals surface area (Å²) in [5.41, 5.74) is 12.0. The van der Waals surface area contributed by atoms with Crippen LogP contribution in [-0.4, -0.2) is 50.3 Å². The summed E-state index contributed by atoms with van der Waals surface area (Å²) in [6.45, 7) is 2.03. The summed E-state index contributed by atoms with van der Waals surface area (Å²) in [5, 5.41) is 1.10. The topological polar surface area (TPSA) is 75.6 Å². The third-order valence-corrected chi connectivity index (χ3v) is 5.73. The highest BCUT2D eigenvalue weighted by molar-refractivity contribution is 7.99. The van der Waals surface area contributed by atoms with Crippen molar-refractivity contribution in [3.05, 3.63) is 4.88 Å². The van der Waals surface area contributed by atoms with Crippen molar-refractivity contribution in [3.63, 3.8) is 0 Å². The molecule has 0 spiro atoms. The molecule has 7 heteroatoms. The van der Waals surface area contributed by atoms with Crippen molar-refractivity contribution in [1.82, 2.24) is 4.90 Å². The van der Waals surface area contributed by atoms with Crippen molar-refractivity contribution >= 4 is 39.7 Å². The van der Waals surface area contributed by atoms with Gasteiger partial charge in [-0.3, -0.25) is 4.79 Å². The Labute approximate surface area is 128 Å². The number of thiophene rings is 1. The Morgan fingerprint density at radius 3 is 2.80 bits per heavy atom. The predicted octanol–water partition coefficient (Wildman–Crippen LogP) is 1.68. The molecule has 20 heavy (non-hydrogen) atoms. The van der Waals surface area contributed by atoms with E-state index in [9.17, 15) is 4.79 Å². The number of carbonyl (C=O) groups excluding carboxylic acids is 1. The Morgan fingerprint density at radius 2 is 2.25 bits per heavy atom. The molecule has 0 saturated carbocycles. The standard InChI is InChI=1S/C13H22N4OS2/c1-16(2)7-8-5-4-6-17(8)13-11(19-3)9(14)10(20-13)12(15)18/h8H,4-7,14H2,1-3H3,(H2,15,18). The maximum absolute atomic E-state index is 11.5. The minimum absolute atomic E-state index is 0.433. The normalized spacial score (nSPS) is 19.0. The number of rotatable bonds is 5. The highest BCUT2D eigenvalue weighted by Gasteiger charge is 2.30. The summed E-state index contributed by atoms with van der Waals surface area (Å²) < 4.78 is 0. The molecule has 1 fully saturated rings. The van der Waals surface area contributed by atoms with Crippen LogP contribution in [0.4, 0.5) is 10.7 Å². The second-order valence-electron chi connectivity index (χ2n) is 5.30. The Balaban J connectivity index is 2.36. The van der Waals surface area contributed by atoms with Crippen LogP contribution in [0.25, 0.3) is 0 Å². The molecular formula is C13H22N4OS2.